The van der Waals surface area contributed by atoms with Crippen LogP contribution in [0.3, 0.4) is 0 Å². The minimum absolute atomic E-state index is 0.185. The van der Waals surface area contributed by atoms with Crippen LogP contribution in [0.4, 0.5) is 0 Å². The van der Waals surface area contributed by atoms with Crippen molar-refractivity contribution in [1.29, 1.82) is 0 Å². The first-order valence-electron chi connectivity index (χ1n) is 9.56. The minimum atomic E-state index is -0.252. The van der Waals surface area contributed by atoms with Gasteiger partial charge in [-0.2, -0.15) is 0 Å². The quantitative estimate of drug-likeness (QED) is 0.563. The molecule has 3 aromatic carbocycles. The van der Waals surface area contributed by atoms with Gasteiger partial charge < -0.3 is 20.1 Å². The fourth-order valence-corrected chi connectivity index (χ4v) is 2.98. The Morgan fingerprint density at radius 3 is 1.80 bits per heavy atom. The third-order valence-corrected chi connectivity index (χ3v) is 4.60. The molecule has 3 rings (SSSR count). The number of carbonyl (C=O) groups is 2. The number of carbonyl (C=O) groups excluding carboxylic acids is 2. The van der Waals surface area contributed by atoms with E-state index >= 15 is 0 Å². The molecular weight excluding hydrogens is 380 g/mol. The summed E-state index contributed by atoms with van der Waals surface area (Å²) in [7, 11) is 3.05. The summed E-state index contributed by atoms with van der Waals surface area (Å²) in [4.78, 5) is 24.6. The van der Waals surface area contributed by atoms with Gasteiger partial charge in [0, 0.05) is 24.2 Å². The number of benzene rings is 3. The van der Waals surface area contributed by atoms with Gasteiger partial charge in [0.1, 0.15) is 0 Å². The van der Waals surface area contributed by atoms with E-state index in [-0.39, 0.29) is 11.8 Å². The molecular formula is C24H24N2O4. The molecule has 0 atom stereocenters. The maximum absolute atomic E-state index is 12.3. The second-order valence-electron chi connectivity index (χ2n) is 6.52. The standard InChI is InChI=1S/C24H24N2O4/c1-29-21-13-12-20(16-22(21)30-2)24(28)26-15-14-25-23(27)19-10-8-18(9-11-19)17-6-4-3-5-7-17/h3-13,16H,14-15H2,1-2H3,(H,25,27)(H,26,28). The van der Waals surface area contributed by atoms with Crippen molar-refractivity contribution in [3.8, 4) is 22.6 Å². The Bertz CT molecular complexity index is 1000. The molecule has 0 radical (unpaired) electrons. The van der Waals surface area contributed by atoms with Crippen LogP contribution in [-0.2, 0) is 0 Å². The van der Waals surface area contributed by atoms with E-state index in [4.69, 9.17) is 9.47 Å². The van der Waals surface area contributed by atoms with Crippen LogP contribution in [0.2, 0.25) is 0 Å². The second kappa shape index (κ2) is 10.1. The fourth-order valence-electron chi connectivity index (χ4n) is 2.98. The first-order valence-corrected chi connectivity index (χ1v) is 9.56. The third kappa shape index (κ3) is 5.17. The van der Waals surface area contributed by atoms with Gasteiger partial charge in [-0.25, -0.2) is 0 Å². The predicted octanol–water partition coefficient (Wildman–Crippen LogP) is 3.53. The number of hydrogen-bond acceptors (Lipinski definition) is 4. The summed E-state index contributed by atoms with van der Waals surface area (Å²) >= 11 is 0. The summed E-state index contributed by atoms with van der Waals surface area (Å²) < 4.78 is 10.4. The molecule has 0 aliphatic carbocycles. The lowest BCUT2D eigenvalue weighted by atomic mass is 10.0. The Morgan fingerprint density at radius 2 is 1.20 bits per heavy atom. The summed E-state index contributed by atoms with van der Waals surface area (Å²) in [5.41, 5.74) is 3.17. The Kier molecular flexibility index (Phi) is 7.05. The van der Waals surface area contributed by atoms with Gasteiger partial charge in [0.05, 0.1) is 14.2 Å². The minimum Gasteiger partial charge on any atom is -0.493 e. The van der Waals surface area contributed by atoms with E-state index in [0.29, 0.717) is 35.7 Å². The van der Waals surface area contributed by atoms with Gasteiger partial charge in [-0.1, -0.05) is 42.5 Å². The van der Waals surface area contributed by atoms with E-state index in [1.54, 1.807) is 30.3 Å². The highest BCUT2D eigenvalue weighted by atomic mass is 16.5. The van der Waals surface area contributed by atoms with Gasteiger partial charge >= 0.3 is 0 Å². The molecule has 0 fully saturated rings. The molecule has 6 nitrogen and oxygen atoms in total. The monoisotopic (exact) mass is 404 g/mol. The summed E-state index contributed by atoms with van der Waals surface area (Å²) in [6.45, 7) is 0.624. The number of ether oxygens (including phenoxy) is 2. The molecule has 2 amide bonds. The summed E-state index contributed by atoms with van der Waals surface area (Å²) in [6.07, 6.45) is 0. The SMILES string of the molecule is COc1ccc(C(=O)NCCNC(=O)c2ccc(-c3ccccc3)cc2)cc1OC. The van der Waals surface area contributed by atoms with Crippen molar-refractivity contribution in [1.82, 2.24) is 10.6 Å². The van der Waals surface area contributed by atoms with E-state index in [1.807, 2.05) is 42.5 Å². The molecule has 30 heavy (non-hydrogen) atoms. The molecule has 0 unspecified atom stereocenters. The third-order valence-electron chi connectivity index (χ3n) is 4.60. The van der Waals surface area contributed by atoms with E-state index in [1.165, 1.54) is 14.2 Å². The molecule has 0 aromatic heterocycles. The number of rotatable bonds is 8. The van der Waals surface area contributed by atoms with Crippen LogP contribution in [0.25, 0.3) is 11.1 Å². The van der Waals surface area contributed by atoms with Gasteiger partial charge in [0.15, 0.2) is 11.5 Å². The molecule has 154 valence electrons. The molecule has 2 N–H and O–H groups in total. The molecule has 6 heteroatoms. The van der Waals surface area contributed by atoms with Crippen LogP contribution in [0.1, 0.15) is 20.7 Å². The van der Waals surface area contributed by atoms with E-state index in [2.05, 4.69) is 10.6 Å². The number of nitrogens with one attached hydrogen (secondary N) is 2. The zero-order chi connectivity index (χ0) is 21.3. The molecule has 0 saturated heterocycles. The molecule has 0 bridgehead atoms. The summed E-state index contributed by atoms with van der Waals surface area (Å²) in [5, 5.41) is 5.58. The summed E-state index contributed by atoms with van der Waals surface area (Å²) in [6, 6.07) is 22.3. The van der Waals surface area contributed by atoms with Crippen molar-refractivity contribution in [3.05, 3.63) is 83.9 Å². The van der Waals surface area contributed by atoms with Crippen LogP contribution >= 0.6 is 0 Å². The molecule has 0 aliphatic rings. The Morgan fingerprint density at radius 1 is 0.667 bits per heavy atom. The number of methoxy groups -OCH3 is 2. The predicted molar refractivity (Wildman–Crippen MR) is 116 cm³/mol. The molecule has 0 heterocycles. The lowest BCUT2D eigenvalue weighted by Gasteiger charge is -2.10. The van der Waals surface area contributed by atoms with Crippen molar-refractivity contribution < 1.29 is 19.1 Å². The first-order chi connectivity index (χ1) is 14.6. The highest BCUT2D eigenvalue weighted by Gasteiger charge is 2.11. The van der Waals surface area contributed by atoms with E-state index in [9.17, 15) is 9.59 Å². The van der Waals surface area contributed by atoms with Crippen molar-refractivity contribution in [2.45, 2.75) is 0 Å². The summed E-state index contributed by atoms with van der Waals surface area (Å²) in [5.74, 6) is 0.601. The van der Waals surface area contributed by atoms with E-state index < -0.39 is 0 Å². The van der Waals surface area contributed by atoms with Gasteiger partial charge in [-0.15, -0.1) is 0 Å². The molecule has 0 spiro atoms. The lowest BCUT2D eigenvalue weighted by molar-refractivity contribution is 0.0927. The van der Waals surface area contributed by atoms with Crippen LogP contribution in [-0.4, -0.2) is 39.1 Å². The largest absolute Gasteiger partial charge is 0.493 e. The number of amides is 2. The van der Waals surface area contributed by atoms with Gasteiger partial charge in [0.25, 0.3) is 11.8 Å². The molecule has 0 aliphatic heterocycles. The maximum atomic E-state index is 12.3. The Balaban J connectivity index is 1.48. The van der Waals surface area contributed by atoms with Gasteiger partial charge in [-0.05, 0) is 41.5 Å². The average molecular weight is 404 g/mol. The highest BCUT2D eigenvalue weighted by Crippen LogP contribution is 2.27. The fraction of sp³-hybridized carbons (Fsp3) is 0.167. The van der Waals surface area contributed by atoms with Crippen molar-refractivity contribution >= 4 is 11.8 Å². The van der Waals surface area contributed by atoms with Crippen molar-refractivity contribution in [3.63, 3.8) is 0 Å². The van der Waals surface area contributed by atoms with Crippen LogP contribution in [0.15, 0.2) is 72.8 Å². The number of hydrogen-bond donors (Lipinski definition) is 2. The van der Waals surface area contributed by atoms with Crippen LogP contribution in [0.5, 0.6) is 11.5 Å². The zero-order valence-corrected chi connectivity index (χ0v) is 17.0. The van der Waals surface area contributed by atoms with Gasteiger partial charge in [0.2, 0.25) is 0 Å². The Hall–Kier alpha value is -3.80. The molecule has 3 aromatic rings. The van der Waals surface area contributed by atoms with Crippen LogP contribution in [0, 0.1) is 0 Å². The lowest BCUT2D eigenvalue weighted by Crippen LogP contribution is -2.34. The van der Waals surface area contributed by atoms with Crippen LogP contribution < -0.4 is 20.1 Å². The normalized spacial score (nSPS) is 10.2. The molecule has 0 saturated carbocycles. The maximum Gasteiger partial charge on any atom is 0.251 e. The second-order valence-corrected chi connectivity index (χ2v) is 6.52. The van der Waals surface area contributed by atoms with E-state index in [0.717, 1.165) is 11.1 Å². The first kappa shape index (κ1) is 20.9. The smallest absolute Gasteiger partial charge is 0.251 e. The zero-order valence-electron chi connectivity index (χ0n) is 17.0. The highest BCUT2D eigenvalue weighted by molar-refractivity contribution is 5.95. The Labute approximate surface area is 175 Å². The van der Waals surface area contributed by atoms with Crippen molar-refractivity contribution in [2.24, 2.45) is 0 Å². The average Bonchev–Trinajstić information content (AvgIpc) is 2.81. The van der Waals surface area contributed by atoms with Crippen molar-refractivity contribution in [2.75, 3.05) is 27.3 Å². The topological polar surface area (TPSA) is 76.7 Å². The van der Waals surface area contributed by atoms with Gasteiger partial charge in [-0.3, -0.25) is 9.59 Å².